The molecule has 82 valence electrons. The summed E-state index contributed by atoms with van der Waals surface area (Å²) in [5.41, 5.74) is 0.661. The number of nitrogens with zero attached hydrogens (tertiary/aromatic N) is 1. The molecule has 0 spiro atoms. The van der Waals surface area contributed by atoms with E-state index in [1.54, 1.807) is 6.07 Å². The van der Waals surface area contributed by atoms with E-state index in [0.29, 0.717) is 11.5 Å². The molecule has 0 amide bonds. The molecule has 1 aromatic heterocycles. The lowest BCUT2D eigenvalue weighted by Crippen LogP contribution is -2.09. The van der Waals surface area contributed by atoms with Gasteiger partial charge in [0.1, 0.15) is 5.75 Å². The predicted molar refractivity (Wildman–Crippen MR) is 60.8 cm³/mol. The van der Waals surface area contributed by atoms with Crippen molar-refractivity contribution < 1.29 is 4.74 Å². The summed E-state index contributed by atoms with van der Waals surface area (Å²) in [7, 11) is 0. The zero-order chi connectivity index (χ0) is 11.1. The highest BCUT2D eigenvalue weighted by atomic mass is 16.5. The summed E-state index contributed by atoms with van der Waals surface area (Å²) < 4.78 is 5.69. The maximum absolute atomic E-state index is 11.5. The lowest BCUT2D eigenvalue weighted by Gasteiger charge is -2.06. The van der Waals surface area contributed by atoms with Crippen LogP contribution in [-0.2, 0) is 0 Å². The van der Waals surface area contributed by atoms with E-state index in [1.165, 1.54) is 0 Å². The van der Waals surface area contributed by atoms with Gasteiger partial charge in [-0.25, -0.2) is 5.10 Å². The Morgan fingerprint density at radius 3 is 2.94 bits per heavy atom. The largest absolute Gasteiger partial charge is 0.490 e. The first kappa shape index (κ1) is 9.39. The van der Waals surface area contributed by atoms with E-state index >= 15 is 0 Å². The van der Waals surface area contributed by atoms with Gasteiger partial charge in [0.15, 0.2) is 0 Å². The quantitative estimate of drug-likeness (QED) is 0.832. The number of hydrogen-bond donors (Lipinski definition) is 1. The first-order chi connectivity index (χ1) is 7.74. The fraction of sp³-hybridized carbons (Fsp3) is 0.333. The van der Waals surface area contributed by atoms with Gasteiger partial charge in [-0.3, -0.25) is 4.79 Å². The predicted octanol–water partition coefficient (Wildman–Crippen LogP) is 1.77. The third-order valence-electron chi connectivity index (χ3n) is 2.78. The summed E-state index contributed by atoms with van der Waals surface area (Å²) in [4.78, 5) is 11.5. The number of rotatable bonds is 2. The van der Waals surface area contributed by atoms with Gasteiger partial charge in [0.25, 0.3) is 5.56 Å². The molecule has 0 saturated heterocycles. The number of benzene rings is 1. The fourth-order valence-electron chi connectivity index (χ4n) is 1.73. The zero-order valence-electron chi connectivity index (χ0n) is 8.99. The second kappa shape index (κ2) is 3.33. The maximum Gasteiger partial charge on any atom is 0.272 e. The molecule has 16 heavy (non-hydrogen) atoms. The van der Waals surface area contributed by atoms with Gasteiger partial charge in [-0.2, -0.15) is 5.10 Å². The lowest BCUT2D eigenvalue weighted by atomic mass is 10.1. The highest BCUT2D eigenvalue weighted by Gasteiger charge is 2.23. The first-order valence-corrected chi connectivity index (χ1v) is 5.40. The molecule has 1 saturated carbocycles. The topological polar surface area (TPSA) is 55.0 Å². The Bertz CT molecular complexity index is 599. The van der Waals surface area contributed by atoms with E-state index in [-0.39, 0.29) is 5.56 Å². The molecular formula is C12H12N2O2. The number of ether oxygens (including phenoxy) is 1. The van der Waals surface area contributed by atoms with Crippen LogP contribution in [0.3, 0.4) is 0 Å². The molecule has 0 unspecified atom stereocenters. The molecular weight excluding hydrogens is 204 g/mol. The van der Waals surface area contributed by atoms with Crippen LogP contribution >= 0.6 is 0 Å². The summed E-state index contributed by atoms with van der Waals surface area (Å²) in [5.74, 6) is 0.825. The van der Waals surface area contributed by atoms with Gasteiger partial charge in [0, 0.05) is 5.39 Å². The number of hydrogen-bond acceptors (Lipinski definition) is 3. The summed E-state index contributed by atoms with van der Waals surface area (Å²) in [6.45, 7) is 1.87. The normalized spacial score (nSPS) is 15.3. The first-order valence-electron chi connectivity index (χ1n) is 5.40. The Morgan fingerprint density at radius 2 is 2.19 bits per heavy atom. The van der Waals surface area contributed by atoms with Crippen LogP contribution in [0.1, 0.15) is 18.5 Å². The van der Waals surface area contributed by atoms with Crippen LogP contribution in [0.5, 0.6) is 5.75 Å². The number of aryl methyl sites for hydroxylation is 1. The molecule has 0 bridgehead atoms. The van der Waals surface area contributed by atoms with Crippen LogP contribution in [-0.4, -0.2) is 16.3 Å². The minimum absolute atomic E-state index is 0.154. The van der Waals surface area contributed by atoms with Gasteiger partial charge in [-0.15, -0.1) is 0 Å². The summed E-state index contributed by atoms with van der Waals surface area (Å²) in [6, 6.07) is 5.53. The molecule has 1 heterocycles. The van der Waals surface area contributed by atoms with Crippen LogP contribution in [0.25, 0.3) is 10.8 Å². The smallest absolute Gasteiger partial charge is 0.272 e. The van der Waals surface area contributed by atoms with Crippen LogP contribution in [0, 0.1) is 6.92 Å². The van der Waals surface area contributed by atoms with Gasteiger partial charge in [-0.1, -0.05) is 0 Å². The number of aromatic amines is 1. The van der Waals surface area contributed by atoms with Crippen LogP contribution in [0.15, 0.2) is 23.0 Å². The number of H-pyrrole nitrogens is 1. The van der Waals surface area contributed by atoms with Crippen molar-refractivity contribution in [1.29, 1.82) is 0 Å². The standard InChI is InChI=1S/C12H12N2O2/c1-7-11-6-9(16-8-2-3-8)4-5-10(11)12(15)14-13-7/h4-6,8H,2-3H2,1H3,(H,14,15). The van der Waals surface area contributed by atoms with Gasteiger partial charge < -0.3 is 4.74 Å². The third-order valence-corrected chi connectivity index (χ3v) is 2.78. The molecule has 1 N–H and O–H groups in total. The highest BCUT2D eigenvalue weighted by Crippen LogP contribution is 2.28. The van der Waals surface area contributed by atoms with E-state index in [2.05, 4.69) is 10.2 Å². The number of fused-ring (bicyclic) bond motifs is 1. The molecule has 1 aliphatic carbocycles. The van der Waals surface area contributed by atoms with Crippen LogP contribution in [0.4, 0.5) is 0 Å². The van der Waals surface area contributed by atoms with Gasteiger partial charge >= 0.3 is 0 Å². The number of nitrogens with one attached hydrogen (secondary N) is 1. The maximum atomic E-state index is 11.5. The van der Waals surface area contributed by atoms with E-state index in [1.807, 2.05) is 19.1 Å². The molecule has 3 rings (SSSR count). The summed E-state index contributed by atoms with van der Waals surface area (Å²) in [5, 5.41) is 7.94. The molecule has 4 heteroatoms. The van der Waals surface area contributed by atoms with E-state index in [0.717, 1.165) is 29.7 Å². The van der Waals surface area contributed by atoms with E-state index in [4.69, 9.17) is 4.74 Å². The number of aromatic nitrogens is 2. The minimum Gasteiger partial charge on any atom is -0.490 e. The van der Waals surface area contributed by atoms with Crippen molar-refractivity contribution in [2.45, 2.75) is 25.9 Å². The van der Waals surface area contributed by atoms with Crippen LogP contribution < -0.4 is 10.3 Å². The van der Waals surface area contributed by atoms with Crippen molar-refractivity contribution in [3.05, 3.63) is 34.2 Å². The Labute approximate surface area is 92.2 Å². The summed E-state index contributed by atoms with van der Waals surface area (Å²) >= 11 is 0. The Kier molecular flexibility index (Phi) is 1.96. The highest BCUT2D eigenvalue weighted by molar-refractivity contribution is 5.84. The lowest BCUT2D eigenvalue weighted by molar-refractivity contribution is 0.303. The third kappa shape index (κ3) is 1.56. The van der Waals surface area contributed by atoms with Crippen molar-refractivity contribution in [1.82, 2.24) is 10.2 Å². The van der Waals surface area contributed by atoms with Crippen molar-refractivity contribution >= 4 is 10.8 Å². The van der Waals surface area contributed by atoms with Crippen molar-refractivity contribution in [2.24, 2.45) is 0 Å². The fourth-order valence-corrected chi connectivity index (χ4v) is 1.73. The van der Waals surface area contributed by atoms with Gasteiger partial charge in [0.2, 0.25) is 0 Å². The van der Waals surface area contributed by atoms with Crippen molar-refractivity contribution in [2.75, 3.05) is 0 Å². The Balaban J connectivity index is 2.15. The molecule has 0 atom stereocenters. The second-order valence-electron chi connectivity index (χ2n) is 4.16. The zero-order valence-corrected chi connectivity index (χ0v) is 8.99. The van der Waals surface area contributed by atoms with E-state index < -0.39 is 0 Å². The van der Waals surface area contributed by atoms with Gasteiger partial charge in [0.05, 0.1) is 17.2 Å². The molecule has 1 fully saturated rings. The minimum atomic E-state index is -0.154. The summed E-state index contributed by atoms with van der Waals surface area (Å²) in [6.07, 6.45) is 2.63. The monoisotopic (exact) mass is 216 g/mol. The molecule has 1 aromatic carbocycles. The molecule has 4 nitrogen and oxygen atoms in total. The van der Waals surface area contributed by atoms with Crippen molar-refractivity contribution in [3.8, 4) is 5.75 Å². The SMILES string of the molecule is Cc1n[nH]c(=O)c2ccc(OC3CC3)cc12. The van der Waals surface area contributed by atoms with Crippen LogP contribution in [0.2, 0.25) is 0 Å². The second-order valence-corrected chi connectivity index (χ2v) is 4.16. The molecule has 0 radical (unpaired) electrons. The molecule has 0 aliphatic heterocycles. The average molecular weight is 216 g/mol. The van der Waals surface area contributed by atoms with E-state index in [9.17, 15) is 4.79 Å². The Hall–Kier alpha value is -1.84. The van der Waals surface area contributed by atoms with Gasteiger partial charge in [-0.05, 0) is 38.0 Å². The van der Waals surface area contributed by atoms with Crippen molar-refractivity contribution in [3.63, 3.8) is 0 Å². The Morgan fingerprint density at radius 1 is 1.38 bits per heavy atom. The average Bonchev–Trinajstić information content (AvgIpc) is 3.08. The molecule has 1 aliphatic rings. The molecule has 2 aromatic rings.